The molecule has 0 aromatic heterocycles. The molecule has 1 heterocycles. The number of nitrogens with zero attached hydrogens (tertiary/aromatic N) is 2. The number of carbonyl (C=O) groups excluding carboxylic acids is 2. The standard InChI is InChI=1S/C32H27FN2O6S/c1-39-28(37)18-20-10-12-21(13-11-20)19-41-27-9-5-7-25(29(27)40-2)32-35(31(38)24-6-3-4-8-26(24)36)34-30(42-32)22-14-16-23(33)17-15-22/h3-17,32,36H,18-19H2,1-2H3. The van der Waals surface area contributed by atoms with Crippen molar-refractivity contribution in [2.75, 3.05) is 14.2 Å². The van der Waals surface area contributed by atoms with Crippen molar-refractivity contribution in [1.82, 2.24) is 5.01 Å². The minimum absolute atomic E-state index is 0.0919. The Labute approximate surface area is 246 Å². The number of methoxy groups -OCH3 is 2. The number of phenolic OH excluding ortho intramolecular Hbond substituents is 1. The van der Waals surface area contributed by atoms with Gasteiger partial charge in [0.2, 0.25) is 0 Å². The predicted molar refractivity (Wildman–Crippen MR) is 157 cm³/mol. The molecule has 4 aromatic rings. The number of amides is 1. The number of rotatable bonds is 9. The van der Waals surface area contributed by atoms with Crippen molar-refractivity contribution in [2.24, 2.45) is 5.10 Å². The van der Waals surface area contributed by atoms with Crippen LogP contribution in [0.3, 0.4) is 0 Å². The van der Waals surface area contributed by atoms with E-state index in [1.807, 2.05) is 30.3 Å². The van der Waals surface area contributed by atoms with Crippen molar-refractivity contribution in [2.45, 2.75) is 18.4 Å². The van der Waals surface area contributed by atoms with E-state index in [0.717, 1.165) is 11.1 Å². The topological polar surface area (TPSA) is 97.7 Å². The second kappa shape index (κ2) is 12.8. The van der Waals surface area contributed by atoms with Crippen LogP contribution in [0.4, 0.5) is 4.39 Å². The number of carbonyl (C=O) groups is 2. The largest absolute Gasteiger partial charge is 0.507 e. The van der Waals surface area contributed by atoms with Crippen LogP contribution in [-0.4, -0.2) is 41.3 Å². The summed E-state index contributed by atoms with van der Waals surface area (Å²) in [6.07, 6.45) is 0.185. The Morgan fingerprint density at radius 3 is 2.33 bits per heavy atom. The molecule has 42 heavy (non-hydrogen) atoms. The Hall–Kier alpha value is -4.83. The van der Waals surface area contributed by atoms with Crippen LogP contribution in [0.1, 0.15) is 38.0 Å². The van der Waals surface area contributed by atoms with E-state index >= 15 is 0 Å². The van der Waals surface area contributed by atoms with Gasteiger partial charge in [-0.05, 0) is 53.6 Å². The molecule has 0 bridgehead atoms. The van der Waals surface area contributed by atoms with E-state index < -0.39 is 11.3 Å². The lowest BCUT2D eigenvalue weighted by molar-refractivity contribution is -0.139. The summed E-state index contributed by atoms with van der Waals surface area (Å²) in [7, 11) is 2.87. The molecular formula is C32H27FN2O6S. The van der Waals surface area contributed by atoms with Crippen molar-refractivity contribution in [1.29, 1.82) is 0 Å². The molecule has 1 aliphatic heterocycles. The molecule has 0 aliphatic carbocycles. The fourth-order valence-electron chi connectivity index (χ4n) is 4.39. The molecule has 0 radical (unpaired) electrons. The maximum Gasteiger partial charge on any atom is 0.309 e. The van der Waals surface area contributed by atoms with Crippen LogP contribution in [0.15, 0.2) is 96.1 Å². The third kappa shape index (κ3) is 6.23. The predicted octanol–water partition coefficient (Wildman–Crippen LogP) is 6.08. The first-order valence-corrected chi connectivity index (χ1v) is 13.8. The average molecular weight is 587 g/mol. The summed E-state index contributed by atoms with van der Waals surface area (Å²) in [4.78, 5) is 25.2. The van der Waals surface area contributed by atoms with Crippen LogP contribution >= 0.6 is 11.8 Å². The van der Waals surface area contributed by atoms with Gasteiger partial charge in [0.15, 0.2) is 11.5 Å². The first-order chi connectivity index (χ1) is 20.4. The molecule has 0 saturated carbocycles. The Bertz CT molecular complexity index is 1630. The van der Waals surface area contributed by atoms with Gasteiger partial charge in [0.05, 0.1) is 26.2 Å². The van der Waals surface area contributed by atoms with Gasteiger partial charge < -0.3 is 19.3 Å². The van der Waals surface area contributed by atoms with Gasteiger partial charge in [0.1, 0.15) is 28.6 Å². The minimum atomic E-state index is -0.673. The normalized spacial score (nSPS) is 14.3. The molecule has 8 nitrogen and oxygen atoms in total. The highest BCUT2D eigenvalue weighted by Gasteiger charge is 2.37. The number of phenols is 1. The monoisotopic (exact) mass is 586 g/mol. The van der Waals surface area contributed by atoms with Crippen LogP contribution < -0.4 is 9.47 Å². The number of hydrogen-bond donors (Lipinski definition) is 1. The molecule has 1 atom stereocenters. The van der Waals surface area contributed by atoms with E-state index in [9.17, 15) is 19.1 Å². The number of hydrogen-bond acceptors (Lipinski definition) is 8. The maximum atomic E-state index is 13.7. The third-order valence-corrected chi connectivity index (χ3v) is 7.77. The first-order valence-electron chi connectivity index (χ1n) is 12.9. The van der Waals surface area contributed by atoms with Gasteiger partial charge in [-0.2, -0.15) is 5.10 Å². The number of thioether (sulfide) groups is 1. The van der Waals surface area contributed by atoms with Gasteiger partial charge in [-0.3, -0.25) is 9.59 Å². The number of hydrazone groups is 1. The lowest BCUT2D eigenvalue weighted by Gasteiger charge is -2.24. The summed E-state index contributed by atoms with van der Waals surface area (Å²) >= 11 is 1.30. The summed E-state index contributed by atoms with van der Waals surface area (Å²) in [6.45, 7) is 0.230. The molecule has 214 valence electrons. The molecule has 4 aromatic carbocycles. The lowest BCUT2D eigenvalue weighted by atomic mass is 10.1. The summed E-state index contributed by atoms with van der Waals surface area (Å²) in [5.74, 6) is -0.499. The molecule has 10 heteroatoms. The number of ether oxygens (including phenoxy) is 3. The Morgan fingerprint density at radius 1 is 0.929 bits per heavy atom. The molecule has 1 N–H and O–H groups in total. The molecule has 1 unspecified atom stereocenters. The lowest BCUT2D eigenvalue weighted by Crippen LogP contribution is -2.26. The fourth-order valence-corrected chi connectivity index (χ4v) is 5.56. The van der Waals surface area contributed by atoms with E-state index in [4.69, 9.17) is 14.2 Å². The van der Waals surface area contributed by atoms with Crippen LogP contribution in [0.2, 0.25) is 0 Å². The highest BCUT2D eigenvalue weighted by molar-refractivity contribution is 8.14. The van der Waals surface area contributed by atoms with E-state index in [1.165, 1.54) is 55.3 Å². The molecule has 1 aliphatic rings. The Morgan fingerprint density at radius 2 is 1.64 bits per heavy atom. The smallest absolute Gasteiger partial charge is 0.309 e. The average Bonchev–Trinajstić information content (AvgIpc) is 3.46. The van der Waals surface area contributed by atoms with Gasteiger partial charge in [-0.15, -0.1) is 0 Å². The molecule has 0 saturated heterocycles. The summed E-state index contributed by atoms with van der Waals surface area (Å²) < 4.78 is 30.3. The zero-order valence-corrected chi connectivity index (χ0v) is 23.6. The highest BCUT2D eigenvalue weighted by atomic mass is 32.2. The van der Waals surface area contributed by atoms with Crippen LogP contribution in [0.25, 0.3) is 0 Å². The van der Waals surface area contributed by atoms with Gasteiger partial charge in [0.25, 0.3) is 5.91 Å². The summed E-state index contributed by atoms with van der Waals surface area (Å²) in [5, 5.41) is 16.1. The van der Waals surface area contributed by atoms with Gasteiger partial charge in [-0.25, -0.2) is 9.40 Å². The van der Waals surface area contributed by atoms with Crippen molar-refractivity contribution < 1.29 is 33.3 Å². The van der Waals surface area contributed by atoms with Crippen LogP contribution in [0, 0.1) is 5.82 Å². The van der Waals surface area contributed by atoms with Gasteiger partial charge >= 0.3 is 5.97 Å². The second-order valence-corrected chi connectivity index (χ2v) is 10.4. The maximum absolute atomic E-state index is 13.7. The number of para-hydroxylation sites is 2. The van der Waals surface area contributed by atoms with E-state index in [0.29, 0.717) is 27.7 Å². The zero-order valence-electron chi connectivity index (χ0n) is 22.8. The number of aromatic hydroxyl groups is 1. The zero-order chi connectivity index (χ0) is 29.6. The van der Waals surface area contributed by atoms with Gasteiger partial charge in [0, 0.05) is 11.1 Å². The first kappa shape index (κ1) is 28.7. The number of benzene rings is 4. The Balaban J connectivity index is 1.44. The molecule has 1 amide bonds. The van der Waals surface area contributed by atoms with Crippen molar-refractivity contribution in [3.63, 3.8) is 0 Å². The van der Waals surface area contributed by atoms with Crippen LogP contribution in [0.5, 0.6) is 17.2 Å². The third-order valence-electron chi connectivity index (χ3n) is 6.55. The minimum Gasteiger partial charge on any atom is -0.507 e. The number of esters is 1. The van der Waals surface area contributed by atoms with E-state index in [2.05, 4.69) is 5.10 Å². The van der Waals surface area contributed by atoms with Crippen molar-refractivity contribution >= 4 is 28.7 Å². The second-order valence-electron chi connectivity index (χ2n) is 9.29. The molecule has 5 rings (SSSR count). The van der Waals surface area contributed by atoms with Crippen molar-refractivity contribution in [3.8, 4) is 17.2 Å². The van der Waals surface area contributed by atoms with Crippen LogP contribution in [-0.2, 0) is 22.6 Å². The fraction of sp³-hybridized carbons (Fsp3) is 0.156. The molecule has 0 fully saturated rings. The Kier molecular flexibility index (Phi) is 8.73. The summed E-state index contributed by atoms with van der Waals surface area (Å²) in [5.41, 5.74) is 3.06. The molecular weight excluding hydrogens is 559 g/mol. The number of halogens is 1. The van der Waals surface area contributed by atoms with Crippen molar-refractivity contribution in [3.05, 3.63) is 125 Å². The highest BCUT2D eigenvalue weighted by Crippen LogP contribution is 2.48. The van der Waals surface area contributed by atoms with Gasteiger partial charge in [-0.1, -0.05) is 60.3 Å². The van der Waals surface area contributed by atoms with E-state index in [1.54, 1.807) is 36.4 Å². The summed E-state index contributed by atoms with van der Waals surface area (Å²) in [6, 6.07) is 24.9. The SMILES string of the molecule is COC(=O)Cc1ccc(COc2cccc(C3SC(c4ccc(F)cc4)=NN3C(=O)c3ccccc3O)c2OC)cc1. The molecule has 0 spiro atoms. The quantitative estimate of drug-likeness (QED) is 0.237. The van der Waals surface area contributed by atoms with E-state index in [-0.39, 0.29) is 36.1 Å².